The molecule has 0 aliphatic carbocycles. The van der Waals surface area contributed by atoms with Crippen molar-refractivity contribution in [1.82, 2.24) is 9.97 Å². The van der Waals surface area contributed by atoms with Crippen LogP contribution in [0, 0.1) is 12.7 Å². The number of benzene rings is 2. The number of rotatable bonds is 2. The molecule has 21 heavy (non-hydrogen) atoms. The van der Waals surface area contributed by atoms with E-state index < -0.39 is 5.38 Å². The summed E-state index contributed by atoms with van der Waals surface area (Å²) in [5.41, 5.74) is 3.08. The first kappa shape index (κ1) is 14.4. The molecule has 0 amide bonds. The van der Waals surface area contributed by atoms with Gasteiger partial charge in [-0.1, -0.05) is 28.1 Å². The van der Waals surface area contributed by atoms with E-state index in [2.05, 4.69) is 25.9 Å². The molecule has 1 heterocycles. The molecule has 2 N–H and O–H groups in total. The predicted octanol–water partition coefficient (Wildman–Crippen LogP) is 4.39. The number of imidazole rings is 1. The molecule has 0 fully saturated rings. The molecule has 3 nitrogen and oxygen atoms in total. The van der Waals surface area contributed by atoms with Crippen molar-refractivity contribution in [3.05, 3.63) is 67.8 Å². The highest BCUT2D eigenvalue weighted by atomic mass is 79.9. The van der Waals surface area contributed by atoms with Crippen LogP contribution in [0.25, 0.3) is 11.0 Å². The van der Waals surface area contributed by atoms with E-state index in [0.717, 1.165) is 10.0 Å². The van der Waals surface area contributed by atoms with Crippen molar-refractivity contribution in [1.29, 1.82) is 0 Å². The van der Waals surface area contributed by atoms with Crippen LogP contribution < -0.4 is 5.69 Å². The van der Waals surface area contributed by atoms with E-state index in [1.54, 1.807) is 31.2 Å². The van der Waals surface area contributed by atoms with Crippen molar-refractivity contribution in [3.8, 4) is 0 Å². The summed E-state index contributed by atoms with van der Waals surface area (Å²) in [6.07, 6.45) is 0. The molecule has 0 aliphatic rings. The summed E-state index contributed by atoms with van der Waals surface area (Å²) in [7, 11) is 0. The lowest BCUT2D eigenvalue weighted by Gasteiger charge is -2.13. The van der Waals surface area contributed by atoms with Crippen LogP contribution in [0.3, 0.4) is 0 Å². The minimum absolute atomic E-state index is 0.276. The van der Waals surface area contributed by atoms with E-state index in [0.29, 0.717) is 22.2 Å². The maximum Gasteiger partial charge on any atom is 0.323 e. The third-order valence-electron chi connectivity index (χ3n) is 3.39. The van der Waals surface area contributed by atoms with E-state index in [1.165, 1.54) is 6.07 Å². The zero-order valence-corrected chi connectivity index (χ0v) is 13.3. The Kier molecular flexibility index (Phi) is 3.63. The maximum absolute atomic E-state index is 13.7. The number of aromatic amines is 2. The largest absolute Gasteiger partial charge is 0.323 e. The quantitative estimate of drug-likeness (QED) is 0.647. The third-order valence-corrected chi connectivity index (χ3v) is 4.57. The molecular weight excluding hydrogens is 359 g/mol. The third kappa shape index (κ3) is 2.63. The van der Waals surface area contributed by atoms with Crippen molar-refractivity contribution in [2.75, 3.05) is 0 Å². The zero-order chi connectivity index (χ0) is 15.1. The summed E-state index contributed by atoms with van der Waals surface area (Å²) < 4.78 is 14.4. The van der Waals surface area contributed by atoms with Crippen molar-refractivity contribution >= 4 is 38.6 Å². The number of hydrogen-bond donors (Lipinski definition) is 2. The zero-order valence-electron chi connectivity index (χ0n) is 11.0. The average Bonchev–Trinajstić information content (AvgIpc) is 2.79. The maximum atomic E-state index is 13.7. The second-order valence-corrected chi connectivity index (χ2v) is 6.16. The molecule has 1 unspecified atom stereocenters. The van der Waals surface area contributed by atoms with Crippen LogP contribution >= 0.6 is 27.5 Å². The Balaban J connectivity index is 2.11. The van der Waals surface area contributed by atoms with Crippen molar-refractivity contribution in [2.45, 2.75) is 12.3 Å². The van der Waals surface area contributed by atoms with Gasteiger partial charge in [0.2, 0.25) is 0 Å². The first-order chi connectivity index (χ1) is 9.95. The van der Waals surface area contributed by atoms with Crippen LogP contribution in [0.1, 0.15) is 22.1 Å². The summed E-state index contributed by atoms with van der Waals surface area (Å²) >= 11 is 9.91. The Morgan fingerprint density at radius 3 is 2.52 bits per heavy atom. The fourth-order valence-corrected chi connectivity index (χ4v) is 3.23. The molecule has 0 bridgehead atoms. The number of fused-ring (bicyclic) bond motifs is 1. The van der Waals surface area contributed by atoms with E-state index in [1.807, 2.05) is 0 Å². The second-order valence-electron chi connectivity index (χ2n) is 4.87. The Hall–Kier alpha value is -1.59. The minimum atomic E-state index is -0.516. The van der Waals surface area contributed by atoms with Crippen LogP contribution in [0.4, 0.5) is 4.39 Å². The van der Waals surface area contributed by atoms with Crippen LogP contribution in [0.2, 0.25) is 0 Å². The number of aryl methyl sites for hydroxylation is 1. The van der Waals surface area contributed by atoms with Gasteiger partial charge in [0.05, 0.1) is 16.4 Å². The molecule has 0 aliphatic heterocycles. The highest BCUT2D eigenvalue weighted by molar-refractivity contribution is 9.10. The minimum Gasteiger partial charge on any atom is -0.306 e. The number of alkyl halides is 1. The van der Waals surface area contributed by atoms with Gasteiger partial charge in [-0.3, -0.25) is 0 Å². The molecule has 6 heteroatoms. The summed E-state index contributed by atoms with van der Waals surface area (Å²) in [5.74, 6) is -0.287. The SMILES string of the molecule is Cc1ccc(C(Cl)c2cc3[nH]c(=O)[nH]c3cc2Br)cc1F. The lowest BCUT2D eigenvalue weighted by Crippen LogP contribution is -1.99. The number of nitrogens with one attached hydrogen (secondary N) is 2. The van der Waals surface area contributed by atoms with Gasteiger partial charge in [0.15, 0.2) is 0 Å². The van der Waals surface area contributed by atoms with Gasteiger partial charge in [0.1, 0.15) is 5.82 Å². The fraction of sp³-hybridized carbons (Fsp3) is 0.133. The van der Waals surface area contributed by atoms with Gasteiger partial charge >= 0.3 is 5.69 Å². The van der Waals surface area contributed by atoms with Crippen LogP contribution in [-0.2, 0) is 0 Å². The number of halogens is 3. The van der Waals surface area contributed by atoms with Crippen LogP contribution in [-0.4, -0.2) is 9.97 Å². The second kappa shape index (κ2) is 5.31. The molecule has 0 saturated carbocycles. The summed E-state index contributed by atoms with van der Waals surface area (Å²) in [4.78, 5) is 16.7. The number of aromatic nitrogens is 2. The predicted molar refractivity (Wildman–Crippen MR) is 85.5 cm³/mol. The smallest absolute Gasteiger partial charge is 0.306 e. The molecule has 3 rings (SSSR count). The lowest BCUT2D eigenvalue weighted by molar-refractivity contribution is 0.616. The molecule has 0 radical (unpaired) electrons. The Morgan fingerprint density at radius 2 is 1.86 bits per heavy atom. The van der Waals surface area contributed by atoms with E-state index >= 15 is 0 Å². The van der Waals surface area contributed by atoms with Crippen LogP contribution in [0.5, 0.6) is 0 Å². The monoisotopic (exact) mass is 368 g/mol. The van der Waals surface area contributed by atoms with Gasteiger partial charge in [-0.15, -0.1) is 11.6 Å². The van der Waals surface area contributed by atoms with E-state index in [4.69, 9.17) is 11.6 Å². The summed E-state index contributed by atoms with van der Waals surface area (Å²) in [6.45, 7) is 1.70. The molecule has 1 aromatic heterocycles. The van der Waals surface area contributed by atoms with Crippen molar-refractivity contribution in [3.63, 3.8) is 0 Å². The van der Waals surface area contributed by atoms with Gasteiger partial charge < -0.3 is 9.97 Å². The van der Waals surface area contributed by atoms with Gasteiger partial charge in [-0.2, -0.15) is 0 Å². The highest BCUT2D eigenvalue weighted by Gasteiger charge is 2.17. The summed E-state index contributed by atoms with van der Waals surface area (Å²) in [6, 6.07) is 8.50. The molecule has 3 aromatic rings. The molecular formula is C15H11BrClFN2O. The number of hydrogen-bond acceptors (Lipinski definition) is 1. The van der Waals surface area contributed by atoms with Gasteiger partial charge in [0, 0.05) is 4.47 Å². The molecule has 0 spiro atoms. The molecule has 2 aromatic carbocycles. The average molecular weight is 370 g/mol. The van der Waals surface area contributed by atoms with Crippen LogP contribution in [0.15, 0.2) is 39.6 Å². The first-order valence-corrected chi connectivity index (χ1v) is 7.50. The Morgan fingerprint density at radius 1 is 1.19 bits per heavy atom. The topological polar surface area (TPSA) is 48.6 Å². The highest BCUT2D eigenvalue weighted by Crippen LogP contribution is 2.35. The van der Waals surface area contributed by atoms with E-state index in [-0.39, 0.29) is 11.5 Å². The Labute approximate surface area is 133 Å². The lowest BCUT2D eigenvalue weighted by atomic mass is 10.0. The number of H-pyrrole nitrogens is 2. The van der Waals surface area contributed by atoms with E-state index in [9.17, 15) is 9.18 Å². The molecule has 0 saturated heterocycles. The van der Waals surface area contributed by atoms with Gasteiger partial charge in [-0.05, 0) is 41.8 Å². The molecule has 1 atom stereocenters. The fourth-order valence-electron chi connectivity index (χ4n) is 2.21. The first-order valence-electron chi connectivity index (χ1n) is 6.27. The standard InChI is InChI=1S/C15H11BrClFN2O/c1-7-2-3-8(4-11(7)18)14(17)9-5-12-13(6-10(9)16)20-15(21)19-12/h2-6,14H,1H3,(H2,19,20,21). The van der Waals surface area contributed by atoms with Gasteiger partial charge in [0.25, 0.3) is 0 Å². The molecule has 108 valence electrons. The normalized spacial score (nSPS) is 12.8. The van der Waals surface area contributed by atoms with Crippen molar-refractivity contribution < 1.29 is 4.39 Å². The van der Waals surface area contributed by atoms with Crippen molar-refractivity contribution in [2.24, 2.45) is 0 Å². The Bertz CT molecular complexity index is 887. The summed E-state index contributed by atoms with van der Waals surface area (Å²) in [5, 5.41) is -0.516. The van der Waals surface area contributed by atoms with Gasteiger partial charge in [-0.25, -0.2) is 9.18 Å².